The van der Waals surface area contributed by atoms with E-state index in [-0.39, 0.29) is 24.5 Å². The van der Waals surface area contributed by atoms with Crippen LogP contribution in [0.2, 0.25) is 0 Å². The fourth-order valence-corrected chi connectivity index (χ4v) is 5.51. The Labute approximate surface area is 210 Å². The van der Waals surface area contributed by atoms with Gasteiger partial charge in [-0.2, -0.15) is 0 Å². The lowest BCUT2D eigenvalue weighted by molar-refractivity contribution is -0.158. The molecule has 4 rings (SSSR count). The second-order valence-corrected chi connectivity index (χ2v) is 11.1. The fourth-order valence-electron chi connectivity index (χ4n) is 5.51. The van der Waals surface area contributed by atoms with E-state index in [1.165, 1.54) is 59.9 Å². The van der Waals surface area contributed by atoms with E-state index in [1.54, 1.807) is 0 Å². The van der Waals surface area contributed by atoms with Crippen molar-refractivity contribution in [3.05, 3.63) is 69.8 Å². The standard InChI is InChI=1S/C31H40O4/c1-22(29(32)34-17-16-23-12-14-25-8-4-6-10-27(25)18-23)20-31(2,3)30(33)35-21-24-13-15-26-9-5-7-11-28(26)19-24/h12-15,18-19,22H,4-11,16-17,20-21H2,1-3H3. The van der Waals surface area contributed by atoms with Gasteiger partial charge >= 0.3 is 11.9 Å². The smallest absolute Gasteiger partial charge is 0.311 e. The average molecular weight is 477 g/mol. The number of esters is 2. The second-order valence-electron chi connectivity index (χ2n) is 11.1. The van der Waals surface area contributed by atoms with Gasteiger partial charge in [-0.3, -0.25) is 9.59 Å². The van der Waals surface area contributed by atoms with Crippen LogP contribution in [0.5, 0.6) is 0 Å². The van der Waals surface area contributed by atoms with Crippen molar-refractivity contribution in [3.63, 3.8) is 0 Å². The van der Waals surface area contributed by atoms with Crippen LogP contribution in [0.1, 0.15) is 86.3 Å². The third-order valence-electron chi connectivity index (χ3n) is 7.60. The number of benzene rings is 2. The molecule has 0 aliphatic heterocycles. The summed E-state index contributed by atoms with van der Waals surface area (Å²) >= 11 is 0. The van der Waals surface area contributed by atoms with Crippen molar-refractivity contribution >= 4 is 11.9 Å². The first-order chi connectivity index (χ1) is 16.8. The third kappa shape index (κ3) is 6.74. The van der Waals surface area contributed by atoms with Crippen molar-refractivity contribution in [2.24, 2.45) is 11.3 Å². The summed E-state index contributed by atoms with van der Waals surface area (Å²) in [7, 11) is 0. The summed E-state index contributed by atoms with van der Waals surface area (Å²) in [6.45, 7) is 6.16. The Bertz CT molecular complexity index is 1050. The van der Waals surface area contributed by atoms with Crippen LogP contribution in [0.3, 0.4) is 0 Å². The molecule has 35 heavy (non-hydrogen) atoms. The summed E-state index contributed by atoms with van der Waals surface area (Å²) in [5, 5.41) is 0. The van der Waals surface area contributed by atoms with Gasteiger partial charge in [0.15, 0.2) is 0 Å². The zero-order valence-corrected chi connectivity index (χ0v) is 21.7. The van der Waals surface area contributed by atoms with Gasteiger partial charge in [0.05, 0.1) is 17.9 Å². The molecule has 2 aromatic rings. The van der Waals surface area contributed by atoms with Gasteiger partial charge in [-0.1, -0.05) is 43.3 Å². The van der Waals surface area contributed by atoms with E-state index < -0.39 is 5.41 Å². The molecular formula is C31H40O4. The molecule has 4 nitrogen and oxygen atoms in total. The molecule has 0 fully saturated rings. The number of hydrogen-bond donors (Lipinski definition) is 0. The molecule has 2 aliphatic carbocycles. The lowest BCUT2D eigenvalue weighted by atomic mass is 9.83. The fraction of sp³-hybridized carbons (Fsp3) is 0.548. The first-order valence-electron chi connectivity index (χ1n) is 13.4. The van der Waals surface area contributed by atoms with Gasteiger partial charge in [0.25, 0.3) is 0 Å². The molecule has 188 valence electrons. The first-order valence-corrected chi connectivity index (χ1v) is 13.4. The quantitative estimate of drug-likeness (QED) is 0.397. The molecule has 0 bridgehead atoms. The van der Waals surface area contributed by atoms with Gasteiger partial charge in [0.1, 0.15) is 6.61 Å². The highest BCUT2D eigenvalue weighted by atomic mass is 16.5. The topological polar surface area (TPSA) is 52.6 Å². The van der Waals surface area contributed by atoms with Crippen LogP contribution in [0.15, 0.2) is 36.4 Å². The SMILES string of the molecule is CC(CC(C)(C)C(=O)OCc1ccc2c(c1)CCCC2)C(=O)OCCc1ccc2c(c1)CCCC2. The number of carbonyl (C=O) groups is 2. The highest BCUT2D eigenvalue weighted by Crippen LogP contribution is 2.29. The predicted molar refractivity (Wildman–Crippen MR) is 138 cm³/mol. The minimum atomic E-state index is -0.759. The minimum Gasteiger partial charge on any atom is -0.465 e. The number of aryl methyl sites for hydroxylation is 4. The van der Waals surface area contributed by atoms with E-state index in [2.05, 4.69) is 36.4 Å². The number of ether oxygens (including phenoxy) is 2. The van der Waals surface area contributed by atoms with Gasteiger partial charge in [0.2, 0.25) is 0 Å². The molecule has 0 saturated heterocycles. The van der Waals surface area contributed by atoms with Crippen molar-refractivity contribution in [3.8, 4) is 0 Å². The van der Waals surface area contributed by atoms with E-state index in [4.69, 9.17) is 9.47 Å². The molecule has 2 aromatic carbocycles. The molecule has 0 amide bonds. The minimum absolute atomic E-state index is 0.251. The first kappa shape index (κ1) is 25.5. The third-order valence-corrected chi connectivity index (χ3v) is 7.60. The summed E-state index contributed by atoms with van der Waals surface area (Å²) in [5.74, 6) is -0.896. The molecule has 0 aromatic heterocycles. The molecule has 1 atom stereocenters. The lowest BCUT2D eigenvalue weighted by Crippen LogP contribution is -2.31. The molecule has 0 N–H and O–H groups in total. The zero-order valence-electron chi connectivity index (χ0n) is 21.7. The van der Waals surface area contributed by atoms with Crippen LogP contribution in [0, 0.1) is 11.3 Å². The van der Waals surface area contributed by atoms with Gasteiger partial charge in [-0.25, -0.2) is 0 Å². The summed E-state index contributed by atoms with van der Waals surface area (Å²) in [4.78, 5) is 25.4. The zero-order chi connectivity index (χ0) is 24.8. The maximum atomic E-state index is 12.8. The van der Waals surface area contributed by atoms with E-state index in [0.717, 1.165) is 31.2 Å². The largest absolute Gasteiger partial charge is 0.465 e. The summed E-state index contributed by atoms with van der Waals surface area (Å²) in [6, 6.07) is 13.1. The van der Waals surface area contributed by atoms with Crippen LogP contribution in [0.25, 0.3) is 0 Å². The van der Waals surface area contributed by atoms with Crippen LogP contribution < -0.4 is 0 Å². The number of hydrogen-bond acceptors (Lipinski definition) is 4. The predicted octanol–water partition coefficient (Wildman–Crippen LogP) is 6.33. The second kappa shape index (κ2) is 11.4. The maximum absolute atomic E-state index is 12.8. The molecule has 2 aliphatic rings. The Morgan fingerprint density at radius 1 is 0.800 bits per heavy atom. The Morgan fingerprint density at radius 3 is 1.97 bits per heavy atom. The van der Waals surface area contributed by atoms with Crippen LogP contribution in [-0.2, 0) is 57.8 Å². The Morgan fingerprint density at radius 2 is 1.34 bits per heavy atom. The molecule has 0 heterocycles. The Hall–Kier alpha value is -2.62. The van der Waals surface area contributed by atoms with Crippen molar-refractivity contribution in [1.29, 1.82) is 0 Å². The van der Waals surface area contributed by atoms with E-state index >= 15 is 0 Å². The molecule has 0 saturated carbocycles. The molecule has 1 unspecified atom stereocenters. The summed E-state index contributed by atoms with van der Waals surface area (Å²) in [5.41, 5.74) is 7.21. The van der Waals surface area contributed by atoms with E-state index in [1.807, 2.05) is 20.8 Å². The van der Waals surface area contributed by atoms with Crippen molar-refractivity contribution in [1.82, 2.24) is 0 Å². The normalized spacial score (nSPS) is 16.1. The molecule has 4 heteroatoms. The van der Waals surface area contributed by atoms with E-state index in [0.29, 0.717) is 13.0 Å². The van der Waals surface area contributed by atoms with Gasteiger partial charge in [-0.15, -0.1) is 0 Å². The van der Waals surface area contributed by atoms with Crippen molar-refractivity contribution < 1.29 is 19.1 Å². The maximum Gasteiger partial charge on any atom is 0.311 e. The van der Waals surface area contributed by atoms with Crippen LogP contribution >= 0.6 is 0 Å². The van der Waals surface area contributed by atoms with Crippen LogP contribution in [-0.4, -0.2) is 18.5 Å². The van der Waals surface area contributed by atoms with Gasteiger partial charge < -0.3 is 9.47 Å². The molecule has 0 radical (unpaired) electrons. The van der Waals surface area contributed by atoms with E-state index in [9.17, 15) is 9.59 Å². The lowest BCUT2D eigenvalue weighted by Gasteiger charge is -2.25. The Balaban J connectivity index is 1.22. The van der Waals surface area contributed by atoms with Crippen molar-refractivity contribution in [2.45, 2.75) is 91.6 Å². The summed E-state index contributed by atoms with van der Waals surface area (Å²) in [6.07, 6.45) is 10.7. The number of fused-ring (bicyclic) bond motifs is 2. The highest BCUT2D eigenvalue weighted by molar-refractivity contribution is 5.78. The van der Waals surface area contributed by atoms with Crippen LogP contribution in [0.4, 0.5) is 0 Å². The monoisotopic (exact) mass is 476 g/mol. The number of carbonyl (C=O) groups excluding carboxylic acids is 2. The average Bonchev–Trinajstić information content (AvgIpc) is 2.86. The molecule has 0 spiro atoms. The molecular weight excluding hydrogens is 436 g/mol. The van der Waals surface area contributed by atoms with Gasteiger partial charge in [-0.05, 0) is 105 Å². The van der Waals surface area contributed by atoms with Gasteiger partial charge in [0, 0.05) is 6.42 Å². The number of rotatable bonds is 9. The summed E-state index contributed by atoms with van der Waals surface area (Å²) < 4.78 is 11.2. The highest BCUT2D eigenvalue weighted by Gasteiger charge is 2.34. The van der Waals surface area contributed by atoms with Crippen molar-refractivity contribution in [2.75, 3.05) is 6.61 Å². The Kier molecular flexibility index (Phi) is 8.30.